The smallest absolute Gasteiger partial charge is 0.122 e. The topological polar surface area (TPSA) is 40.7 Å². The first kappa shape index (κ1) is 12.6. The zero-order valence-electron chi connectivity index (χ0n) is 9.37. The third kappa shape index (κ3) is 3.31. The maximum atomic E-state index is 6.14. The quantitative estimate of drug-likeness (QED) is 0.904. The third-order valence-corrected chi connectivity index (χ3v) is 3.39. The zero-order valence-corrected chi connectivity index (χ0v) is 11.7. The molecule has 17 heavy (non-hydrogen) atoms. The minimum absolute atomic E-state index is 0.171. The minimum Gasteiger partial charge on any atom is -0.347 e. The molecule has 2 N–H and O–H groups in total. The number of hydrogen-bond acceptors (Lipinski definition) is 2. The molecule has 0 aliphatic heterocycles. The third-order valence-electron chi connectivity index (χ3n) is 2.54. The number of halogens is 2. The van der Waals surface area contributed by atoms with Gasteiger partial charge in [0.2, 0.25) is 0 Å². The fraction of sp³-hybridized carbons (Fsp3) is 0.250. The normalized spacial score (nSPS) is 12.6. The van der Waals surface area contributed by atoms with Crippen molar-refractivity contribution in [2.45, 2.75) is 19.5 Å². The lowest BCUT2D eigenvalue weighted by Gasteiger charge is -2.12. The summed E-state index contributed by atoms with van der Waals surface area (Å²) in [4.78, 5) is 7.29. The van der Waals surface area contributed by atoms with Crippen LogP contribution in [0.4, 0.5) is 0 Å². The molecule has 0 saturated heterocycles. The lowest BCUT2D eigenvalue weighted by atomic mass is 10.2. The Morgan fingerprint density at radius 1 is 1.53 bits per heavy atom. The van der Waals surface area contributed by atoms with Gasteiger partial charge in [0.25, 0.3) is 0 Å². The number of benzene rings is 1. The number of rotatable bonds is 4. The van der Waals surface area contributed by atoms with E-state index in [0.29, 0.717) is 6.54 Å². The van der Waals surface area contributed by atoms with Crippen LogP contribution in [-0.4, -0.2) is 9.97 Å². The summed E-state index contributed by atoms with van der Waals surface area (Å²) >= 11 is 9.53. The number of aromatic amines is 1. The number of H-pyrrole nitrogens is 1. The second-order valence-electron chi connectivity index (χ2n) is 3.81. The summed E-state index contributed by atoms with van der Waals surface area (Å²) in [7, 11) is 0. The Bertz CT molecular complexity index is 485. The molecule has 1 atom stereocenters. The molecule has 5 heteroatoms. The fourth-order valence-electron chi connectivity index (χ4n) is 1.54. The standard InChI is InChI=1S/C12H13BrClN3/c1-8(12-15-4-5-16-12)17-7-9-2-3-10(13)6-11(9)14/h2-6,8,17H,7H2,1H3,(H,15,16). The number of hydrogen-bond donors (Lipinski definition) is 2. The van der Waals surface area contributed by atoms with Crippen molar-refractivity contribution in [2.75, 3.05) is 0 Å². The van der Waals surface area contributed by atoms with Gasteiger partial charge >= 0.3 is 0 Å². The predicted octanol–water partition coefficient (Wildman–Crippen LogP) is 3.68. The van der Waals surface area contributed by atoms with Crippen LogP contribution in [0.5, 0.6) is 0 Å². The highest BCUT2D eigenvalue weighted by Gasteiger charge is 2.08. The molecule has 90 valence electrons. The lowest BCUT2D eigenvalue weighted by molar-refractivity contribution is 0.551. The van der Waals surface area contributed by atoms with Crippen molar-refractivity contribution in [2.24, 2.45) is 0 Å². The van der Waals surface area contributed by atoms with Gasteiger partial charge in [0, 0.05) is 28.4 Å². The monoisotopic (exact) mass is 313 g/mol. The van der Waals surface area contributed by atoms with Gasteiger partial charge in [-0.3, -0.25) is 0 Å². The average Bonchev–Trinajstić information content (AvgIpc) is 2.81. The van der Waals surface area contributed by atoms with Crippen LogP contribution in [-0.2, 0) is 6.54 Å². The summed E-state index contributed by atoms with van der Waals surface area (Å²) in [5.41, 5.74) is 1.08. The first-order valence-corrected chi connectivity index (χ1v) is 6.50. The molecule has 0 amide bonds. The summed E-state index contributed by atoms with van der Waals surface area (Å²) in [6.07, 6.45) is 3.57. The molecule has 3 nitrogen and oxygen atoms in total. The molecule has 0 radical (unpaired) electrons. The van der Waals surface area contributed by atoms with Crippen molar-refractivity contribution in [1.82, 2.24) is 15.3 Å². The van der Waals surface area contributed by atoms with Gasteiger partial charge in [-0.1, -0.05) is 33.6 Å². The average molecular weight is 315 g/mol. The van der Waals surface area contributed by atoms with Crippen LogP contribution in [0.2, 0.25) is 5.02 Å². The Labute approximate surface area is 114 Å². The Morgan fingerprint density at radius 3 is 3.00 bits per heavy atom. The second kappa shape index (κ2) is 5.67. The summed E-state index contributed by atoms with van der Waals surface area (Å²) in [5.74, 6) is 0.929. The van der Waals surface area contributed by atoms with E-state index in [2.05, 4.69) is 38.1 Å². The first-order chi connectivity index (χ1) is 8.16. The highest BCUT2D eigenvalue weighted by molar-refractivity contribution is 9.10. The molecule has 0 fully saturated rings. The van der Waals surface area contributed by atoms with E-state index in [-0.39, 0.29) is 6.04 Å². The summed E-state index contributed by atoms with van der Waals surface area (Å²) < 4.78 is 0.991. The predicted molar refractivity (Wildman–Crippen MR) is 73.0 cm³/mol. The van der Waals surface area contributed by atoms with Crippen molar-refractivity contribution < 1.29 is 0 Å². The van der Waals surface area contributed by atoms with Crippen LogP contribution in [0.25, 0.3) is 0 Å². The van der Waals surface area contributed by atoms with Crippen molar-refractivity contribution in [1.29, 1.82) is 0 Å². The highest BCUT2D eigenvalue weighted by Crippen LogP contribution is 2.21. The summed E-state index contributed by atoms with van der Waals surface area (Å²) in [6.45, 7) is 2.78. The molecule has 0 aliphatic rings. The fourth-order valence-corrected chi connectivity index (χ4v) is 2.28. The molecular weight excluding hydrogens is 302 g/mol. The second-order valence-corrected chi connectivity index (χ2v) is 5.14. The van der Waals surface area contributed by atoms with Gasteiger partial charge < -0.3 is 10.3 Å². The Morgan fingerprint density at radius 2 is 2.35 bits per heavy atom. The molecule has 0 saturated carbocycles. The zero-order chi connectivity index (χ0) is 12.3. The van der Waals surface area contributed by atoms with Crippen LogP contribution < -0.4 is 5.32 Å². The van der Waals surface area contributed by atoms with E-state index < -0.39 is 0 Å². The van der Waals surface area contributed by atoms with Crippen molar-refractivity contribution >= 4 is 27.5 Å². The van der Waals surface area contributed by atoms with Gasteiger partial charge in [0.15, 0.2) is 0 Å². The van der Waals surface area contributed by atoms with Crippen molar-refractivity contribution in [3.63, 3.8) is 0 Å². The van der Waals surface area contributed by atoms with E-state index in [1.165, 1.54) is 0 Å². The number of nitrogens with one attached hydrogen (secondary N) is 2. The largest absolute Gasteiger partial charge is 0.347 e. The number of nitrogens with zero attached hydrogens (tertiary/aromatic N) is 1. The van der Waals surface area contributed by atoms with Gasteiger partial charge in [0.1, 0.15) is 5.82 Å². The van der Waals surface area contributed by atoms with E-state index in [4.69, 9.17) is 11.6 Å². The molecule has 1 unspecified atom stereocenters. The Kier molecular flexibility index (Phi) is 4.20. The van der Waals surface area contributed by atoms with E-state index in [1.807, 2.05) is 24.4 Å². The maximum absolute atomic E-state index is 6.14. The van der Waals surface area contributed by atoms with Gasteiger partial charge in [0.05, 0.1) is 6.04 Å². The molecular formula is C12H13BrClN3. The molecule has 1 heterocycles. The van der Waals surface area contributed by atoms with E-state index in [1.54, 1.807) is 6.20 Å². The number of imidazole rings is 1. The van der Waals surface area contributed by atoms with E-state index in [0.717, 1.165) is 20.9 Å². The molecule has 1 aromatic carbocycles. The van der Waals surface area contributed by atoms with Crippen molar-refractivity contribution in [3.05, 3.63) is 51.5 Å². The van der Waals surface area contributed by atoms with Crippen LogP contribution in [0.1, 0.15) is 24.4 Å². The number of aromatic nitrogens is 2. The van der Waals surface area contributed by atoms with Gasteiger partial charge in [-0.25, -0.2) is 4.98 Å². The van der Waals surface area contributed by atoms with E-state index >= 15 is 0 Å². The SMILES string of the molecule is CC(NCc1ccc(Br)cc1Cl)c1ncc[nH]1. The molecule has 0 aliphatic carbocycles. The Balaban J connectivity index is 1.98. The maximum Gasteiger partial charge on any atom is 0.122 e. The highest BCUT2D eigenvalue weighted by atomic mass is 79.9. The van der Waals surface area contributed by atoms with Crippen LogP contribution in [0, 0.1) is 0 Å². The molecule has 2 aromatic rings. The Hall–Kier alpha value is -0.840. The lowest BCUT2D eigenvalue weighted by Crippen LogP contribution is -2.19. The summed E-state index contributed by atoms with van der Waals surface area (Å²) in [6, 6.07) is 6.06. The molecule has 0 spiro atoms. The van der Waals surface area contributed by atoms with Crippen LogP contribution >= 0.6 is 27.5 Å². The van der Waals surface area contributed by atoms with Crippen LogP contribution in [0.3, 0.4) is 0 Å². The molecule has 1 aromatic heterocycles. The van der Waals surface area contributed by atoms with Crippen LogP contribution in [0.15, 0.2) is 35.1 Å². The first-order valence-electron chi connectivity index (χ1n) is 5.33. The van der Waals surface area contributed by atoms with Crippen molar-refractivity contribution in [3.8, 4) is 0 Å². The van der Waals surface area contributed by atoms with Gasteiger partial charge in [-0.05, 0) is 24.6 Å². The molecule has 2 rings (SSSR count). The van der Waals surface area contributed by atoms with Gasteiger partial charge in [-0.2, -0.15) is 0 Å². The van der Waals surface area contributed by atoms with E-state index in [9.17, 15) is 0 Å². The molecule has 0 bridgehead atoms. The minimum atomic E-state index is 0.171. The van der Waals surface area contributed by atoms with Gasteiger partial charge in [-0.15, -0.1) is 0 Å². The summed E-state index contributed by atoms with van der Waals surface area (Å²) in [5, 5.41) is 4.13.